The van der Waals surface area contributed by atoms with Crippen molar-refractivity contribution < 1.29 is 4.39 Å². The van der Waals surface area contributed by atoms with Gasteiger partial charge in [-0.15, -0.1) is 0 Å². The number of nitrogens with zero attached hydrogens (tertiary/aromatic N) is 2. The lowest BCUT2D eigenvalue weighted by molar-refractivity contribution is 0.626. The maximum absolute atomic E-state index is 13.2. The third kappa shape index (κ3) is 2.01. The van der Waals surface area contributed by atoms with Crippen molar-refractivity contribution in [1.82, 2.24) is 14.5 Å². The molecule has 0 atom stereocenters. The van der Waals surface area contributed by atoms with Gasteiger partial charge in [0.15, 0.2) is 10.4 Å². The lowest BCUT2D eigenvalue weighted by atomic mass is 10.2. The summed E-state index contributed by atoms with van der Waals surface area (Å²) in [5.41, 5.74) is 3.45. The van der Waals surface area contributed by atoms with E-state index >= 15 is 0 Å². The molecule has 0 aliphatic carbocycles. The van der Waals surface area contributed by atoms with E-state index in [1.165, 1.54) is 12.1 Å². The number of aromatic nitrogens is 3. The molecule has 0 radical (unpaired) electrons. The topological polar surface area (TPSA) is 33.6 Å². The molecular weight excluding hydrogens is 329 g/mol. The van der Waals surface area contributed by atoms with Crippen molar-refractivity contribution in [2.75, 3.05) is 0 Å². The van der Waals surface area contributed by atoms with Crippen molar-refractivity contribution in [2.45, 2.75) is 6.92 Å². The molecule has 3 rings (SSSR count). The van der Waals surface area contributed by atoms with Gasteiger partial charge in [-0.1, -0.05) is 0 Å². The van der Waals surface area contributed by atoms with Crippen molar-refractivity contribution >= 4 is 39.3 Å². The average Bonchev–Trinajstić information content (AvgIpc) is 2.68. The van der Waals surface area contributed by atoms with E-state index in [2.05, 4.69) is 25.9 Å². The first-order valence-corrected chi connectivity index (χ1v) is 6.80. The quantitative estimate of drug-likeness (QED) is 0.672. The van der Waals surface area contributed by atoms with Crippen LogP contribution in [-0.2, 0) is 0 Å². The molecule has 2 aromatic heterocycles. The number of fused-ring (bicyclic) bond motifs is 1. The summed E-state index contributed by atoms with van der Waals surface area (Å²) >= 11 is 8.70. The number of aryl methyl sites for hydroxylation is 1. The predicted molar refractivity (Wildman–Crippen MR) is 78.6 cm³/mol. The smallest absolute Gasteiger partial charge is 0.184 e. The Morgan fingerprint density at radius 2 is 2.16 bits per heavy atom. The molecule has 0 fully saturated rings. The zero-order valence-corrected chi connectivity index (χ0v) is 12.3. The lowest BCUT2D eigenvalue weighted by Gasteiger charge is -2.06. The number of aromatic amines is 1. The highest BCUT2D eigenvalue weighted by molar-refractivity contribution is 9.10. The minimum Gasteiger partial charge on any atom is -0.329 e. The molecular formula is C13H9BrFN3S. The summed E-state index contributed by atoms with van der Waals surface area (Å²) in [5.74, 6) is -0.300. The highest BCUT2D eigenvalue weighted by atomic mass is 79.9. The van der Waals surface area contributed by atoms with Gasteiger partial charge in [0, 0.05) is 10.7 Å². The Labute approximate surface area is 122 Å². The van der Waals surface area contributed by atoms with E-state index in [1.54, 1.807) is 16.8 Å². The number of rotatable bonds is 1. The van der Waals surface area contributed by atoms with Crippen LogP contribution in [0.5, 0.6) is 0 Å². The highest BCUT2D eigenvalue weighted by Gasteiger charge is 2.12. The molecule has 0 saturated carbocycles. The van der Waals surface area contributed by atoms with Gasteiger partial charge in [-0.3, -0.25) is 4.57 Å². The standard InChI is InChI=1S/C13H9BrFN3S/c1-7-4-5-16-12-11(7)17-13(19)18(12)10-3-2-8(15)6-9(10)14/h2-6H,1H3,(H,17,19). The lowest BCUT2D eigenvalue weighted by Crippen LogP contribution is -1.97. The highest BCUT2D eigenvalue weighted by Crippen LogP contribution is 2.26. The Morgan fingerprint density at radius 3 is 2.89 bits per heavy atom. The Morgan fingerprint density at radius 1 is 1.37 bits per heavy atom. The molecule has 1 aromatic carbocycles. The van der Waals surface area contributed by atoms with E-state index in [4.69, 9.17) is 12.2 Å². The molecule has 0 amide bonds. The summed E-state index contributed by atoms with van der Waals surface area (Å²) in [4.78, 5) is 7.49. The van der Waals surface area contributed by atoms with Crippen molar-refractivity contribution in [3.63, 3.8) is 0 Å². The molecule has 2 heterocycles. The number of halogens is 2. The second-order valence-corrected chi connectivity index (χ2v) is 5.43. The van der Waals surface area contributed by atoms with E-state index in [0.717, 1.165) is 22.4 Å². The SMILES string of the molecule is Cc1ccnc2c1[nH]c(=S)n2-c1ccc(F)cc1Br. The van der Waals surface area contributed by atoms with Gasteiger partial charge in [0.05, 0.1) is 11.2 Å². The van der Waals surface area contributed by atoms with Gasteiger partial charge in [0.2, 0.25) is 0 Å². The van der Waals surface area contributed by atoms with Crippen LogP contribution in [0.15, 0.2) is 34.9 Å². The fourth-order valence-electron chi connectivity index (χ4n) is 2.01. The Balaban J connectivity index is 2.40. The first-order valence-electron chi connectivity index (χ1n) is 5.59. The normalized spacial score (nSPS) is 11.1. The average molecular weight is 338 g/mol. The van der Waals surface area contributed by atoms with E-state index in [-0.39, 0.29) is 5.82 Å². The maximum atomic E-state index is 13.2. The number of H-pyrrole nitrogens is 1. The molecule has 0 unspecified atom stereocenters. The summed E-state index contributed by atoms with van der Waals surface area (Å²) < 4.78 is 16.1. The number of benzene rings is 1. The molecule has 1 N–H and O–H groups in total. The van der Waals surface area contributed by atoms with Gasteiger partial charge < -0.3 is 4.98 Å². The molecule has 3 aromatic rings. The maximum Gasteiger partial charge on any atom is 0.184 e. The van der Waals surface area contributed by atoms with Crippen molar-refractivity contribution in [3.05, 3.63) is 51.1 Å². The van der Waals surface area contributed by atoms with Crippen LogP contribution in [0.25, 0.3) is 16.9 Å². The first-order chi connectivity index (χ1) is 9.08. The number of nitrogens with one attached hydrogen (secondary N) is 1. The fraction of sp³-hybridized carbons (Fsp3) is 0.0769. The summed E-state index contributed by atoms with van der Waals surface area (Å²) in [5, 5.41) is 0. The van der Waals surface area contributed by atoms with Crippen molar-refractivity contribution in [1.29, 1.82) is 0 Å². The van der Waals surface area contributed by atoms with Crippen LogP contribution in [0.1, 0.15) is 5.56 Å². The zero-order chi connectivity index (χ0) is 13.6. The van der Waals surface area contributed by atoms with Crippen molar-refractivity contribution in [2.24, 2.45) is 0 Å². The van der Waals surface area contributed by atoms with Crippen molar-refractivity contribution in [3.8, 4) is 5.69 Å². The molecule has 3 nitrogen and oxygen atoms in total. The number of hydrogen-bond donors (Lipinski definition) is 1. The Kier molecular flexibility index (Phi) is 2.99. The third-order valence-corrected chi connectivity index (χ3v) is 3.86. The Hall–Kier alpha value is -1.53. The number of pyridine rings is 1. The monoisotopic (exact) mass is 337 g/mol. The van der Waals surface area contributed by atoms with Crippen LogP contribution < -0.4 is 0 Å². The molecule has 0 aliphatic rings. The molecule has 0 aliphatic heterocycles. The molecule has 0 bridgehead atoms. The summed E-state index contributed by atoms with van der Waals surface area (Å²) in [6.45, 7) is 1.99. The minimum absolute atomic E-state index is 0.300. The van der Waals surface area contributed by atoms with Gasteiger partial charge in [0.25, 0.3) is 0 Å². The van der Waals surface area contributed by atoms with E-state index < -0.39 is 0 Å². The molecule has 19 heavy (non-hydrogen) atoms. The van der Waals surface area contributed by atoms with Crippen LogP contribution in [0.4, 0.5) is 4.39 Å². The van der Waals surface area contributed by atoms with Gasteiger partial charge in [-0.05, 0) is 64.9 Å². The van der Waals surface area contributed by atoms with Crippen LogP contribution in [0, 0.1) is 17.5 Å². The van der Waals surface area contributed by atoms with Gasteiger partial charge in [-0.2, -0.15) is 0 Å². The van der Waals surface area contributed by atoms with Gasteiger partial charge >= 0.3 is 0 Å². The van der Waals surface area contributed by atoms with E-state index in [9.17, 15) is 4.39 Å². The van der Waals surface area contributed by atoms with Crippen LogP contribution in [0.3, 0.4) is 0 Å². The second-order valence-electron chi connectivity index (χ2n) is 4.19. The van der Waals surface area contributed by atoms with Gasteiger partial charge in [0.1, 0.15) is 5.82 Å². The molecule has 0 saturated heterocycles. The first kappa shape index (κ1) is 12.5. The molecule has 0 spiro atoms. The van der Waals surface area contributed by atoms with E-state index in [1.807, 2.05) is 13.0 Å². The number of imidazole rings is 1. The molecule has 6 heteroatoms. The number of hydrogen-bond acceptors (Lipinski definition) is 2. The third-order valence-electron chi connectivity index (χ3n) is 2.94. The second kappa shape index (κ2) is 4.54. The predicted octanol–water partition coefficient (Wildman–Crippen LogP) is 4.29. The Bertz CT molecular complexity index is 838. The van der Waals surface area contributed by atoms with Crippen LogP contribution >= 0.6 is 28.1 Å². The van der Waals surface area contributed by atoms with Gasteiger partial charge in [-0.25, -0.2) is 9.37 Å². The largest absolute Gasteiger partial charge is 0.329 e. The van der Waals surface area contributed by atoms with Crippen LogP contribution in [-0.4, -0.2) is 14.5 Å². The minimum atomic E-state index is -0.300. The summed E-state index contributed by atoms with van der Waals surface area (Å²) in [6, 6.07) is 6.40. The van der Waals surface area contributed by atoms with Crippen LogP contribution in [0.2, 0.25) is 0 Å². The van der Waals surface area contributed by atoms with E-state index in [0.29, 0.717) is 9.24 Å². The molecule has 96 valence electrons. The zero-order valence-electron chi connectivity index (χ0n) is 9.95. The summed E-state index contributed by atoms with van der Waals surface area (Å²) in [6.07, 6.45) is 1.73. The fourth-order valence-corrected chi connectivity index (χ4v) is 2.83. The summed E-state index contributed by atoms with van der Waals surface area (Å²) in [7, 11) is 0.